The number of hydrogen-bond donors (Lipinski definition) is 0. The summed E-state index contributed by atoms with van der Waals surface area (Å²) in [6, 6.07) is 22.0. The number of rotatable bonds is 2. The van der Waals surface area contributed by atoms with E-state index in [1.165, 1.54) is 28.5 Å². The molecule has 3 unspecified atom stereocenters. The first-order valence-corrected chi connectivity index (χ1v) is 9.67. The van der Waals surface area contributed by atoms with Gasteiger partial charge in [0, 0.05) is 11.8 Å². The molecule has 1 spiro atoms. The van der Waals surface area contributed by atoms with E-state index in [4.69, 9.17) is 9.47 Å². The first-order chi connectivity index (χ1) is 13.2. The van der Waals surface area contributed by atoms with E-state index in [0.29, 0.717) is 25.0 Å². The number of fused-ring (bicyclic) bond motifs is 1. The average Bonchev–Trinajstić information content (AvgIpc) is 3.11. The smallest absolute Gasteiger partial charge is 0.123 e. The van der Waals surface area contributed by atoms with Gasteiger partial charge in [0.2, 0.25) is 0 Å². The molecular weight excluding hydrogens is 339 g/mol. The lowest BCUT2D eigenvalue weighted by Gasteiger charge is -2.37. The number of halogens is 1. The first-order valence-electron chi connectivity index (χ1n) is 9.67. The minimum atomic E-state index is -0.229. The Morgan fingerprint density at radius 3 is 2.30 bits per heavy atom. The molecule has 27 heavy (non-hydrogen) atoms. The molecule has 0 aromatic heterocycles. The second-order valence-corrected chi connectivity index (χ2v) is 7.97. The van der Waals surface area contributed by atoms with Crippen molar-refractivity contribution in [3.63, 3.8) is 0 Å². The summed E-state index contributed by atoms with van der Waals surface area (Å²) in [5, 5.41) is 2.53. The minimum absolute atomic E-state index is 0.190. The molecule has 0 N–H and O–H groups in total. The molecule has 2 saturated heterocycles. The SMILES string of the molecule is Fc1ccc(C2COC3(COCC(c4ccc5ccccc5c4)C3)C2)cc1. The number of benzene rings is 3. The highest BCUT2D eigenvalue weighted by Gasteiger charge is 2.45. The number of ether oxygens (including phenoxy) is 2. The van der Waals surface area contributed by atoms with Crippen molar-refractivity contribution in [3.8, 4) is 0 Å². The molecule has 0 amide bonds. The summed E-state index contributed by atoms with van der Waals surface area (Å²) in [5.41, 5.74) is 2.25. The van der Waals surface area contributed by atoms with Gasteiger partial charge in [-0.1, -0.05) is 54.6 Å². The molecule has 3 atom stereocenters. The van der Waals surface area contributed by atoms with Crippen LogP contribution in [0, 0.1) is 5.82 Å². The molecule has 0 saturated carbocycles. The molecule has 0 radical (unpaired) electrons. The Morgan fingerprint density at radius 1 is 0.778 bits per heavy atom. The highest BCUT2D eigenvalue weighted by atomic mass is 19.1. The summed E-state index contributed by atoms with van der Waals surface area (Å²) < 4.78 is 25.5. The van der Waals surface area contributed by atoms with Gasteiger partial charge in [0.1, 0.15) is 5.82 Å². The third-order valence-corrected chi connectivity index (χ3v) is 6.10. The Kier molecular flexibility index (Phi) is 4.22. The van der Waals surface area contributed by atoms with Crippen molar-refractivity contribution in [3.05, 3.63) is 83.7 Å². The molecule has 3 heteroatoms. The first kappa shape index (κ1) is 16.9. The molecule has 2 aliphatic rings. The van der Waals surface area contributed by atoms with Crippen LogP contribution in [0.1, 0.15) is 35.8 Å². The van der Waals surface area contributed by atoms with Crippen LogP contribution in [0.5, 0.6) is 0 Å². The van der Waals surface area contributed by atoms with Gasteiger partial charge in [0.25, 0.3) is 0 Å². The molecule has 5 rings (SSSR count). The normalized spacial score (nSPS) is 28.0. The lowest BCUT2D eigenvalue weighted by Crippen LogP contribution is -2.41. The second kappa shape index (κ2) is 6.74. The highest BCUT2D eigenvalue weighted by molar-refractivity contribution is 5.83. The van der Waals surface area contributed by atoms with E-state index in [1.54, 1.807) is 0 Å². The van der Waals surface area contributed by atoms with Crippen LogP contribution in [-0.4, -0.2) is 25.4 Å². The van der Waals surface area contributed by atoms with E-state index in [0.717, 1.165) is 25.0 Å². The van der Waals surface area contributed by atoms with Gasteiger partial charge < -0.3 is 9.47 Å². The van der Waals surface area contributed by atoms with Crippen LogP contribution in [0.4, 0.5) is 4.39 Å². The zero-order chi connectivity index (χ0) is 18.3. The van der Waals surface area contributed by atoms with Gasteiger partial charge in [-0.15, -0.1) is 0 Å². The van der Waals surface area contributed by atoms with Crippen molar-refractivity contribution >= 4 is 10.8 Å². The Balaban J connectivity index is 1.36. The van der Waals surface area contributed by atoms with Crippen molar-refractivity contribution < 1.29 is 13.9 Å². The maximum Gasteiger partial charge on any atom is 0.123 e. The summed E-state index contributed by atoms with van der Waals surface area (Å²) in [6.45, 7) is 2.07. The summed E-state index contributed by atoms with van der Waals surface area (Å²) in [5.74, 6) is 0.463. The molecule has 0 bridgehead atoms. The van der Waals surface area contributed by atoms with Crippen molar-refractivity contribution in [2.75, 3.05) is 19.8 Å². The third-order valence-electron chi connectivity index (χ3n) is 6.10. The van der Waals surface area contributed by atoms with Gasteiger partial charge in [0.15, 0.2) is 0 Å². The zero-order valence-corrected chi connectivity index (χ0v) is 15.2. The highest BCUT2D eigenvalue weighted by Crippen LogP contribution is 2.45. The van der Waals surface area contributed by atoms with Crippen molar-refractivity contribution in [2.45, 2.75) is 30.3 Å². The Labute approximate surface area is 158 Å². The van der Waals surface area contributed by atoms with E-state index in [1.807, 2.05) is 12.1 Å². The molecule has 2 nitrogen and oxygen atoms in total. The van der Waals surface area contributed by atoms with Crippen LogP contribution in [-0.2, 0) is 9.47 Å². The van der Waals surface area contributed by atoms with E-state index < -0.39 is 0 Å². The zero-order valence-electron chi connectivity index (χ0n) is 15.2. The molecule has 2 heterocycles. The van der Waals surface area contributed by atoms with Crippen molar-refractivity contribution in [1.82, 2.24) is 0 Å². The predicted molar refractivity (Wildman–Crippen MR) is 105 cm³/mol. The van der Waals surface area contributed by atoms with Crippen molar-refractivity contribution in [2.24, 2.45) is 0 Å². The fraction of sp³-hybridized carbons (Fsp3) is 0.333. The standard InChI is InChI=1S/C24H23FO2/c25-23-9-7-18(8-10-23)22-13-24(27-15-22)12-21(14-26-16-24)20-6-5-17-3-1-2-4-19(17)11-20/h1-11,21-22H,12-16H2. The van der Waals surface area contributed by atoms with Crippen LogP contribution in [0.25, 0.3) is 10.8 Å². The van der Waals surface area contributed by atoms with Crippen molar-refractivity contribution in [1.29, 1.82) is 0 Å². The van der Waals surface area contributed by atoms with Gasteiger partial charge in [-0.05, 0) is 46.9 Å². The topological polar surface area (TPSA) is 18.5 Å². The quantitative estimate of drug-likeness (QED) is 0.605. The Bertz CT molecular complexity index is 952. The summed E-state index contributed by atoms with van der Waals surface area (Å²) >= 11 is 0. The van der Waals surface area contributed by atoms with E-state index in [2.05, 4.69) is 42.5 Å². The molecule has 0 aliphatic carbocycles. The maximum absolute atomic E-state index is 13.2. The molecule has 2 aliphatic heterocycles. The van der Waals surface area contributed by atoms with Gasteiger partial charge >= 0.3 is 0 Å². The van der Waals surface area contributed by atoms with Gasteiger partial charge in [-0.3, -0.25) is 0 Å². The van der Waals surface area contributed by atoms with Crippen LogP contribution < -0.4 is 0 Å². The second-order valence-electron chi connectivity index (χ2n) is 7.97. The van der Waals surface area contributed by atoms with Crippen LogP contribution in [0.2, 0.25) is 0 Å². The maximum atomic E-state index is 13.2. The monoisotopic (exact) mass is 362 g/mol. The average molecular weight is 362 g/mol. The summed E-state index contributed by atoms with van der Waals surface area (Å²) in [7, 11) is 0. The molecule has 3 aromatic carbocycles. The van der Waals surface area contributed by atoms with Gasteiger partial charge in [0.05, 0.1) is 25.4 Å². The molecular formula is C24H23FO2. The summed E-state index contributed by atoms with van der Waals surface area (Å²) in [4.78, 5) is 0. The van der Waals surface area contributed by atoms with Crippen LogP contribution >= 0.6 is 0 Å². The Hall–Kier alpha value is -2.23. The molecule has 138 valence electrons. The van der Waals surface area contributed by atoms with Crippen LogP contribution in [0.15, 0.2) is 66.7 Å². The number of hydrogen-bond acceptors (Lipinski definition) is 2. The van der Waals surface area contributed by atoms with Gasteiger partial charge in [-0.25, -0.2) is 4.39 Å². The van der Waals surface area contributed by atoms with Gasteiger partial charge in [-0.2, -0.15) is 0 Å². The fourth-order valence-electron chi connectivity index (χ4n) is 4.67. The fourth-order valence-corrected chi connectivity index (χ4v) is 4.67. The lowest BCUT2D eigenvalue weighted by atomic mass is 9.80. The van der Waals surface area contributed by atoms with Crippen LogP contribution in [0.3, 0.4) is 0 Å². The molecule has 3 aromatic rings. The predicted octanol–water partition coefficient (Wildman–Crippen LogP) is 5.43. The van der Waals surface area contributed by atoms with E-state index >= 15 is 0 Å². The van der Waals surface area contributed by atoms with E-state index in [-0.39, 0.29) is 11.4 Å². The van der Waals surface area contributed by atoms with E-state index in [9.17, 15) is 4.39 Å². The Morgan fingerprint density at radius 2 is 1.48 bits per heavy atom. The molecule has 2 fully saturated rings. The summed E-state index contributed by atoms with van der Waals surface area (Å²) in [6.07, 6.45) is 1.91. The minimum Gasteiger partial charge on any atom is -0.378 e. The largest absolute Gasteiger partial charge is 0.378 e. The lowest BCUT2D eigenvalue weighted by molar-refractivity contribution is -0.106. The third kappa shape index (κ3) is 3.26.